The lowest BCUT2D eigenvalue weighted by Gasteiger charge is -2.35. The first-order valence-electron chi connectivity index (χ1n) is 18.0. The second-order valence-electron chi connectivity index (χ2n) is 14.7. The molecule has 262 valence electrons. The first-order chi connectivity index (χ1) is 23.5. The molecule has 5 rings (SSSR count). The molecule has 2 aromatic carbocycles. The number of nitrogens with zero attached hydrogens (tertiary/aromatic N) is 2. The molecule has 4 amide bonds. The second kappa shape index (κ2) is 16.0. The molecule has 2 aliphatic carbocycles. The number of carbonyl (C=O) groups is 5. The number of fused-ring (bicyclic) bond motifs is 1. The third kappa shape index (κ3) is 8.31. The number of rotatable bonds is 15. The monoisotopic (exact) mass is 668 g/mol. The van der Waals surface area contributed by atoms with Crippen LogP contribution in [0, 0.1) is 29.1 Å². The van der Waals surface area contributed by atoms with Gasteiger partial charge in [0, 0.05) is 31.1 Å². The maximum absolute atomic E-state index is 14.0. The average molecular weight is 669 g/mol. The molecule has 3 aliphatic rings. The molecular weight excluding hydrogens is 616 g/mol. The van der Waals surface area contributed by atoms with Crippen LogP contribution in [-0.4, -0.2) is 59.5 Å². The van der Waals surface area contributed by atoms with Gasteiger partial charge in [0.25, 0.3) is 5.91 Å². The van der Waals surface area contributed by atoms with E-state index in [0.29, 0.717) is 25.4 Å². The number of para-hydroxylation sites is 1. The summed E-state index contributed by atoms with van der Waals surface area (Å²) < 4.78 is 0. The molecule has 9 heteroatoms. The van der Waals surface area contributed by atoms with Crippen molar-refractivity contribution >= 4 is 35.1 Å². The van der Waals surface area contributed by atoms with Gasteiger partial charge in [-0.2, -0.15) is 0 Å². The number of ketones is 1. The van der Waals surface area contributed by atoms with E-state index in [1.807, 2.05) is 67.6 Å². The summed E-state index contributed by atoms with van der Waals surface area (Å²) >= 11 is 0. The van der Waals surface area contributed by atoms with Gasteiger partial charge in [0.1, 0.15) is 6.04 Å². The van der Waals surface area contributed by atoms with Crippen molar-refractivity contribution in [3.8, 4) is 0 Å². The van der Waals surface area contributed by atoms with Crippen molar-refractivity contribution in [3.05, 3.63) is 78.9 Å². The molecular formula is C40H52N4O5. The molecule has 1 heterocycles. The highest BCUT2D eigenvalue weighted by Crippen LogP contribution is 2.65. The van der Waals surface area contributed by atoms with E-state index in [4.69, 9.17) is 0 Å². The third-order valence-electron chi connectivity index (χ3n) is 11.2. The standard InChI is InChI=1S/C40H52N4O5/c1-5-6-22-32(42-37(47)35-34-31(40(34,3)4)26-44(35)39(49)27(2)29-18-12-8-13-19-29)36(46)38(48)41-24-23-33(45)43(30-20-14-9-15-21-30)25-28-16-10-7-11-17-28/h5,7,9-11,14-17,20-21,27,29,31-32,34-35H,1,6,8,12-13,18-19,22-26H2,2-4H3,(H,41,48)(H,42,47)/t27-,31-,32?,34-,35-/m0/s1. The summed E-state index contributed by atoms with van der Waals surface area (Å²) in [4.78, 5) is 71.2. The Labute approximate surface area is 290 Å². The Bertz CT molecular complexity index is 1500. The molecule has 1 saturated heterocycles. The fourth-order valence-corrected chi connectivity index (χ4v) is 8.08. The summed E-state index contributed by atoms with van der Waals surface area (Å²) in [5.74, 6) is -1.79. The van der Waals surface area contributed by atoms with Gasteiger partial charge in [-0.25, -0.2) is 0 Å². The van der Waals surface area contributed by atoms with E-state index in [2.05, 4.69) is 31.1 Å². The van der Waals surface area contributed by atoms with Crippen molar-refractivity contribution in [3.63, 3.8) is 0 Å². The number of anilines is 1. The van der Waals surface area contributed by atoms with Crippen molar-refractivity contribution in [1.82, 2.24) is 15.5 Å². The van der Waals surface area contributed by atoms with Crippen molar-refractivity contribution in [2.75, 3.05) is 18.0 Å². The Morgan fingerprint density at radius 1 is 0.980 bits per heavy atom. The number of nitrogens with one attached hydrogen (secondary N) is 2. The maximum Gasteiger partial charge on any atom is 0.289 e. The minimum absolute atomic E-state index is 0.00782. The van der Waals surface area contributed by atoms with Gasteiger partial charge in [-0.1, -0.05) is 94.6 Å². The topological polar surface area (TPSA) is 116 Å². The largest absolute Gasteiger partial charge is 0.349 e. The van der Waals surface area contributed by atoms with Crippen molar-refractivity contribution < 1.29 is 24.0 Å². The molecule has 2 aromatic rings. The summed E-state index contributed by atoms with van der Waals surface area (Å²) in [7, 11) is 0. The summed E-state index contributed by atoms with van der Waals surface area (Å²) in [6, 6.07) is 17.2. The molecule has 0 aromatic heterocycles. The molecule has 1 unspecified atom stereocenters. The number of benzene rings is 2. The lowest BCUT2D eigenvalue weighted by atomic mass is 9.80. The zero-order valence-electron chi connectivity index (χ0n) is 29.2. The molecule has 49 heavy (non-hydrogen) atoms. The number of carbonyl (C=O) groups excluding carboxylic acids is 5. The number of hydrogen-bond donors (Lipinski definition) is 2. The average Bonchev–Trinajstić information content (AvgIpc) is 3.42. The first-order valence-corrected chi connectivity index (χ1v) is 18.0. The predicted molar refractivity (Wildman–Crippen MR) is 190 cm³/mol. The van der Waals surface area contributed by atoms with Gasteiger partial charge >= 0.3 is 0 Å². The second-order valence-corrected chi connectivity index (χ2v) is 14.7. The fraction of sp³-hybridized carbons (Fsp3) is 0.525. The van der Waals surface area contributed by atoms with Crippen LogP contribution in [0.3, 0.4) is 0 Å². The number of allylic oxidation sites excluding steroid dienone is 1. The van der Waals surface area contributed by atoms with Gasteiger partial charge in [-0.3, -0.25) is 24.0 Å². The quantitative estimate of drug-likeness (QED) is 0.194. The molecule has 0 bridgehead atoms. The third-order valence-corrected chi connectivity index (χ3v) is 11.2. The zero-order chi connectivity index (χ0) is 35.1. The highest BCUT2D eigenvalue weighted by atomic mass is 16.2. The molecule has 2 saturated carbocycles. The number of hydrogen-bond acceptors (Lipinski definition) is 5. The molecule has 0 spiro atoms. The smallest absolute Gasteiger partial charge is 0.289 e. The summed E-state index contributed by atoms with van der Waals surface area (Å²) in [5.41, 5.74) is 1.62. The van der Waals surface area contributed by atoms with Crippen molar-refractivity contribution in [2.24, 2.45) is 29.1 Å². The lowest BCUT2D eigenvalue weighted by molar-refractivity contribution is -0.146. The van der Waals surface area contributed by atoms with E-state index >= 15 is 0 Å². The maximum atomic E-state index is 14.0. The van der Waals surface area contributed by atoms with E-state index in [-0.39, 0.29) is 60.3 Å². The van der Waals surface area contributed by atoms with Crippen LogP contribution in [0.2, 0.25) is 0 Å². The van der Waals surface area contributed by atoms with Crippen LogP contribution in [0.1, 0.15) is 77.7 Å². The minimum atomic E-state index is -1.08. The molecule has 0 radical (unpaired) electrons. The molecule has 3 fully saturated rings. The normalized spacial score (nSPS) is 22.3. The lowest BCUT2D eigenvalue weighted by Crippen LogP contribution is -2.56. The van der Waals surface area contributed by atoms with Crippen LogP contribution in [0.15, 0.2) is 73.3 Å². The van der Waals surface area contributed by atoms with Crippen LogP contribution < -0.4 is 15.5 Å². The van der Waals surface area contributed by atoms with Crippen molar-refractivity contribution in [2.45, 2.75) is 90.8 Å². The van der Waals surface area contributed by atoms with Crippen molar-refractivity contribution in [1.29, 1.82) is 0 Å². The van der Waals surface area contributed by atoms with Crippen LogP contribution in [0.25, 0.3) is 0 Å². The molecule has 9 nitrogen and oxygen atoms in total. The van der Waals surface area contributed by atoms with Gasteiger partial charge in [-0.15, -0.1) is 6.58 Å². The van der Waals surface area contributed by atoms with E-state index in [1.165, 1.54) is 6.42 Å². The van der Waals surface area contributed by atoms with Gasteiger partial charge in [0.15, 0.2) is 0 Å². The SMILES string of the molecule is C=CCCC(NC(=O)[C@@H]1[C@@H]2[C@H](CN1C(=O)[C@@H](C)C1CCCCC1)C2(C)C)C(=O)C(=O)NCCC(=O)N(Cc1ccccc1)c1ccccc1. The van der Waals surface area contributed by atoms with E-state index in [0.717, 1.165) is 36.9 Å². The van der Waals surface area contributed by atoms with Crippen LogP contribution in [0.5, 0.6) is 0 Å². The molecule has 2 N–H and O–H groups in total. The van der Waals surface area contributed by atoms with Crippen LogP contribution >= 0.6 is 0 Å². The number of Topliss-reactive ketones (excluding diaryl/α,β-unsaturated/α-hetero) is 1. The van der Waals surface area contributed by atoms with Gasteiger partial charge in [0.2, 0.25) is 23.5 Å². The molecule has 5 atom stereocenters. The fourth-order valence-electron chi connectivity index (χ4n) is 8.08. The Kier molecular flexibility index (Phi) is 11.7. The summed E-state index contributed by atoms with van der Waals surface area (Å²) in [6.45, 7) is 10.9. The van der Waals surface area contributed by atoms with Gasteiger partial charge < -0.3 is 20.4 Å². The number of piperidine rings is 1. The Morgan fingerprint density at radius 3 is 2.29 bits per heavy atom. The minimum Gasteiger partial charge on any atom is -0.349 e. The Balaban J connectivity index is 1.21. The molecule has 1 aliphatic heterocycles. The van der Waals surface area contributed by atoms with E-state index in [9.17, 15) is 24.0 Å². The predicted octanol–water partition coefficient (Wildman–Crippen LogP) is 5.45. The number of amides is 4. The first kappa shape index (κ1) is 36.0. The number of likely N-dealkylation sites (tertiary alicyclic amines) is 1. The van der Waals surface area contributed by atoms with Crippen LogP contribution in [-0.2, 0) is 30.5 Å². The zero-order valence-corrected chi connectivity index (χ0v) is 29.2. The Morgan fingerprint density at radius 2 is 1.63 bits per heavy atom. The highest BCUT2D eigenvalue weighted by Gasteiger charge is 2.69. The van der Waals surface area contributed by atoms with E-state index < -0.39 is 23.8 Å². The summed E-state index contributed by atoms with van der Waals surface area (Å²) in [6.07, 6.45) is 7.78. The van der Waals surface area contributed by atoms with Crippen LogP contribution in [0.4, 0.5) is 5.69 Å². The van der Waals surface area contributed by atoms with Gasteiger partial charge in [0.05, 0.1) is 12.6 Å². The Hall–Kier alpha value is -4.27. The highest BCUT2D eigenvalue weighted by molar-refractivity contribution is 6.38. The van der Waals surface area contributed by atoms with E-state index in [1.54, 1.807) is 15.9 Å². The summed E-state index contributed by atoms with van der Waals surface area (Å²) in [5, 5.41) is 5.49. The van der Waals surface area contributed by atoms with Gasteiger partial charge in [-0.05, 0) is 66.5 Å².